The Labute approximate surface area is 165 Å². The Morgan fingerprint density at radius 3 is 2.52 bits per heavy atom. The summed E-state index contributed by atoms with van der Waals surface area (Å²) in [5.74, 6) is 2.04. The first-order valence-corrected chi connectivity index (χ1v) is 10.1. The molecule has 0 saturated carbocycles. The number of aromatic nitrogens is 3. The third-order valence-electron chi connectivity index (χ3n) is 3.64. The molecule has 0 amide bonds. The average molecular weight is 476 g/mol. The summed E-state index contributed by atoms with van der Waals surface area (Å²) < 4.78 is 5.83. The first-order valence-electron chi connectivity index (χ1n) is 7.98. The molecule has 1 atom stereocenters. The molecule has 0 radical (unpaired) electrons. The molecule has 138 valence electrons. The molecule has 9 heteroatoms. The van der Waals surface area contributed by atoms with Gasteiger partial charge in [-0.25, -0.2) is 0 Å². The van der Waals surface area contributed by atoms with Gasteiger partial charge in [-0.2, -0.15) is 0 Å². The van der Waals surface area contributed by atoms with Gasteiger partial charge >= 0.3 is 136 Å². The van der Waals surface area contributed by atoms with E-state index >= 15 is 0 Å². The molecule has 27 heavy (non-hydrogen) atoms. The number of nitrogens with zero attached hydrogens (tertiary/aromatic N) is 2. The monoisotopic (exact) mass is 476 g/mol. The van der Waals surface area contributed by atoms with Crippen molar-refractivity contribution in [1.29, 1.82) is 0 Å². The van der Waals surface area contributed by atoms with E-state index in [2.05, 4.69) is 20.3 Å². The van der Waals surface area contributed by atoms with Gasteiger partial charge in [-0.3, -0.25) is 4.98 Å². The summed E-state index contributed by atoms with van der Waals surface area (Å²) in [4.78, 5) is 11.6. The molecule has 0 spiro atoms. The van der Waals surface area contributed by atoms with Crippen LogP contribution in [0.1, 0.15) is 0 Å². The Morgan fingerprint density at radius 1 is 1.04 bits per heavy atom. The number of H-pyrrole nitrogens is 1. The number of imidazole rings is 1. The van der Waals surface area contributed by atoms with Crippen molar-refractivity contribution in [2.24, 2.45) is 0 Å². The second-order valence-corrected chi connectivity index (χ2v) is 8.24. The van der Waals surface area contributed by atoms with Gasteiger partial charge in [0.2, 0.25) is 0 Å². The van der Waals surface area contributed by atoms with Crippen LogP contribution < -0.4 is 35.0 Å². The van der Waals surface area contributed by atoms with E-state index in [4.69, 9.17) is 9.94 Å². The Morgan fingerprint density at radius 2 is 1.78 bits per heavy atom. The fourth-order valence-corrected chi connectivity index (χ4v) is 3.84. The van der Waals surface area contributed by atoms with Gasteiger partial charge in [-0.15, -0.1) is 0 Å². The fourth-order valence-electron chi connectivity index (χ4n) is 2.48. The molecular weight excluding hydrogens is 461 g/mol. The normalized spacial score (nSPS) is 12.2. The summed E-state index contributed by atoms with van der Waals surface area (Å²) in [5, 5.41) is 23.0. The summed E-state index contributed by atoms with van der Waals surface area (Å²) in [5.41, 5.74) is 2.45. The second-order valence-electron chi connectivity index (χ2n) is 5.53. The molecule has 2 aromatic carbocycles. The number of anilines is 2. The van der Waals surface area contributed by atoms with Crippen LogP contribution in [0.3, 0.4) is 0 Å². The minimum absolute atomic E-state index is 0.596. The molecule has 1 unspecified atom stereocenters. The van der Waals surface area contributed by atoms with Gasteiger partial charge in [-0.1, -0.05) is 0 Å². The number of fused-ring (bicyclic) bond motifs is 1. The van der Waals surface area contributed by atoms with Gasteiger partial charge in [0.05, 0.1) is 0 Å². The Balaban J connectivity index is 1.47. The number of quaternary nitrogens is 1. The van der Waals surface area contributed by atoms with Crippen molar-refractivity contribution in [2.75, 3.05) is 5.32 Å². The molecule has 0 fully saturated rings. The van der Waals surface area contributed by atoms with Crippen molar-refractivity contribution in [2.45, 2.75) is 0 Å². The standard InChI is InChI=1S/C18H15IN5O3/c25-24(26)19-12-1-6-16-17(11-12)23-18(22-16)21-13-2-4-14(5-3-13)27-15-7-9-20-10-8-15/h1-11,24-25H,(H2,21,22,23)/q-1. The molecule has 0 saturated heterocycles. The first-order chi connectivity index (χ1) is 13.2. The topological polar surface area (TPSA) is 111 Å². The second kappa shape index (κ2) is 7.88. The van der Waals surface area contributed by atoms with E-state index in [1.807, 2.05) is 42.5 Å². The van der Waals surface area contributed by atoms with Gasteiger partial charge in [-0.05, 0) is 12.1 Å². The van der Waals surface area contributed by atoms with E-state index in [9.17, 15) is 5.21 Å². The van der Waals surface area contributed by atoms with Crippen LogP contribution in [0.2, 0.25) is 0 Å². The zero-order chi connectivity index (χ0) is 18.6. The van der Waals surface area contributed by atoms with Gasteiger partial charge in [0.15, 0.2) is 0 Å². The van der Waals surface area contributed by atoms with Crippen LogP contribution in [0.5, 0.6) is 11.5 Å². The van der Waals surface area contributed by atoms with Crippen LogP contribution in [0.4, 0.5) is 11.6 Å². The quantitative estimate of drug-likeness (QED) is 0.169. The Kier molecular flexibility index (Phi) is 5.16. The van der Waals surface area contributed by atoms with Gasteiger partial charge in [0, 0.05) is 12.4 Å². The van der Waals surface area contributed by atoms with Crippen LogP contribution in [0.25, 0.3) is 11.0 Å². The molecule has 4 N–H and O–H groups in total. The number of hydrogen-bond donors (Lipinski definition) is 4. The van der Waals surface area contributed by atoms with Gasteiger partial charge < -0.3 is 0 Å². The zero-order valence-electron chi connectivity index (χ0n) is 13.9. The fraction of sp³-hybridized carbons (Fsp3) is 0. The van der Waals surface area contributed by atoms with Gasteiger partial charge in [0.25, 0.3) is 0 Å². The van der Waals surface area contributed by atoms with Crippen molar-refractivity contribution < 1.29 is 34.9 Å². The van der Waals surface area contributed by atoms with E-state index < -0.39 is 24.9 Å². The van der Waals surface area contributed by atoms with Crippen LogP contribution in [-0.2, 0) is 0 Å². The molecule has 2 aromatic heterocycles. The third-order valence-corrected chi connectivity index (χ3v) is 5.39. The zero-order valence-corrected chi connectivity index (χ0v) is 16.0. The number of pyridine rings is 1. The number of aromatic amines is 1. The SMILES string of the molecule is [O-][NH+](O)[I-]c1ccc2nc(Nc3ccc(Oc4ccncc4)cc3)[nH]c2c1. The van der Waals surface area contributed by atoms with E-state index in [0.29, 0.717) is 5.95 Å². The van der Waals surface area contributed by atoms with Crippen molar-refractivity contribution in [3.05, 3.63) is 75.8 Å². The Hall–Kier alpha value is -2.73. The van der Waals surface area contributed by atoms with E-state index in [0.717, 1.165) is 31.8 Å². The number of ether oxygens (including phenoxy) is 1. The summed E-state index contributed by atoms with van der Waals surface area (Å²) in [6, 6.07) is 16.6. The third kappa shape index (κ3) is 4.52. The number of hydrogen-bond acceptors (Lipinski definition) is 6. The van der Waals surface area contributed by atoms with Crippen molar-refractivity contribution in [3.8, 4) is 11.5 Å². The number of benzene rings is 2. The van der Waals surface area contributed by atoms with Crippen molar-refractivity contribution in [3.63, 3.8) is 0 Å². The van der Waals surface area contributed by atoms with E-state index in [1.54, 1.807) is 24.5 Å². The molecule has 0 aliphatic rings. The summed E-state index contributed by atoms with van der Waals surface area (Å²) in [6.45, 7) is 0. The maximum absolute atomic E-state index is 10.9. The maximum atomic E-state index is 10.9. The van der Waals surface area contributed by atoms with E-state index in [1.165, 1.54) is 0 Å². The molecule has 4 rings (SSSR count). The number of halogens is 1. The van der Waals surface area contributed by atoms with Crippen molar-refractivity contribution in [1.82, 2.24) is 15.0 Å². The predicted octanol–water partition coefficient (Wildman–Crippen LogP) is -0.561. The Bertz CT molecular complexity index is 1040. The average Bonchev–Trinajstić information content (AvgIpc) is 3.05. The summed E-state index contributed by atoms with van der Waals surface area (Å²) in [7, 11) is 0. The van der Waals surface area contributed by atoms with Crippen LogP contribution in [-0.4, -0.2) is 20.2 Å². The summed E-state index contributed by atoms with van der Waals surface area (Å²) >= 11 is -1.04. The predicted molar refractivity (Wildman–Crippen MR) is 94.9 cm³/mol. The van der Waals surface area contributed by atoms with Crippen LogP contribution in [0, 0.1) is 8.78 Å². The molecule has 0 aliphatic carbocycles. The molecule has 8 nitrogen and oxygen atoms in total. The molecule has 2 heterocycles. The van der Waals surface area contributed by atoms with Crippen LogP contribution >= 0.6 is 0 Å². The molecule has 0 bridgehead atoms. The van der Waals surface area contributed by atoms with Crippen LogP contribution in [0.15, 0.2) is 67.0 Å². The summed E-state index contributed by atoms with van der Waals surface area (Å²) in [6.07, 6.45) is 3.35. The first kappa shape index (κ1) is 17.7. The molecular formula is C18H15IN5O3-. The van der Waals surface area contributed by atoms with Gasteiger partial charge in [0.1, 0.15) is 0 Å². The molecule has 4 aromatic rings. The number of nitrogens with one attached hydrogen (secondary N) is 3. The minimum atomic E-state index is -1.04. The van der Waals surface area contributed by atoms with Crippen molar-refractivity contribution >= 4 is 22.7 Å². The number of rotatable bonds is 6. The molecule has 0 aliphatic heterocycles. The van der Waals surface area contributed by atoms with E-state index in [-0.39, 0.29) is 0 Å².